The highest BCUT2D eigenvalue weighted by Gasteiger charge is 2.46. The second-order valence-electron chi connectivity index (χ2n) is 9.78. The summed E-state index contributed by atoms with van der Waals surface area (Å²) in [4.78, 5) is 13.2. The molecule has 1 aromatic heterocycles. The number of nitrogens with zero attached hydrogens (tertiary/aromatic N) is 4. The summed E-state index contributed by atoms with van der Waals surface area (Å²) in [5.41, 5.74) is 0.769. The number of aldehydes is 1. The zero-order valence-electron chi connectivity index (χ0n) is 23.4. The number of rotatable bonds is 18. The molecule has 5 atom stereocenters. The summed E-state index contributed by atoms with van der Waals surface area (Å²) < 4.78 is 76.3. The van der Waals surface area contributed by atoms with Gasteiger partial charge in [0.2, 0.25) is 0 Å². The summed E-state index contributed by atoms with van der Waals surface area (Å²) in [6.07, 6.45) is -2.99. The third-order valence-electron chi connectivity index (χ3n) is 6.79. The standard InChI is InChI=1S/C23H41N5O11S2/c1-35-21-19(17-29)39-23(36-2)22(20(21)30)38-10-14-40(31,32)11-4-24-3-8-37-9-5-28-16-18(25-26-28)15-27-6-12-41(33,34)13-7-27/h16-17,19-24,30H,3-15H2,1-2H3. The quantitative estimate of drug-likeness (QED) is 0.122. The average molecular weight is 628 g/mol. The number of sulfone groups is 2. The maximum atomic E-state index is 12.4. The topological polar surface area (TPSA) is 198 Å². The lowest BCUT2D eigenvalue weighted by molar-refractivity contribution is -0.293. The smallest absolute Gasteiger partial charge is 0.187 e. The number of carbonyl (C=O) groups is 1. The van der Waals surface area contributed by atoms with Gasteiger partial charge in [0, 0.05) is 53.1 Å². The summed E-state index contributed by atoms with van der Waals surface area (Å²) in [7, 11) is -3.70. The molecule has 1 aromatic rings. The zero-order chi connectivity index (χ0) is 29.9. The SMILES string of the molecule is COC1OC(C=O)C(OC)C(O)C1OCCS(=O)(=O)CCNCCOCCn1cc(CN2CCS(=O)(=O)CC2)nn1. The Bertz CT molecular complexity index is 1140. The van der Waals surface area contributed by atoms with Crippen LogP contribution >= 0.6 is 0 Å². The normalized spacial score (nSPS) is 27.1. The molecule has 3 heterocycles. The van der Waals surface area contributed by atoms with Gasteiger partial charge >= 0.3 is 0 Å². The second-order valence-corrected chi connectivity index (χ2v) is 14.4. The van der Waals surface area contributed by atoms with Gasteiger partial charge in [-0.05, 0) is 0 Å². The third-order valence-corrected chi connectivity index (χ3v) is 10.0. The first-order valence-electron chi connectivity index (χ1n) is 13.3. The van der Waals surface area contributed by atoms with Crippen LogP contribution in [0.1, 0.15) is 5.69 Å². The molecule has 16 nitrogen and oxygen atoms in total. The summed E-state index contributed by atoms with van der Waals surface area (Å²) in [5, 5.41) is 21.7. The Morgan fingerprint density at radius 2 is 1.88 bits per heavy atom. The molecule has 0 amide bonds. The number of aromatic nitrogens is 3. The first-order chi connectivity index (χ1) is 19.6. The Hall–Kier alpha value is -1.61. The fourth-order valence-corrected chi connectivity index (χ4v) is 6.72. The van der Waals surface area contributed by atoms with E-state index in [-0.39, 0.29) is 36.2 Å². The molecule has 18 heteroatoms. The van der Waals surface area contributed by atoms with Crippen LogP contribution in [-0.4, -0.2) is 162 Å². The van der Waals surface area contributed by atoms with E-state index in [1.54, 1.807) is 4.68 Å². The molecule has 41 heavy (non-hydrogen) atoms. The monoisotopic (exact) mass is 627 g/mol. The van der Waals surface area contributed by atoms with Crippen molar-refractivity contribution in [1.82, 2.24) is 25.2 Å². The van der Waals surface area contributed by atoms with E-state index < -0.39 is 50.4 Å². The Morgan fingerprint density at radius 3 is 2.56 bits per heavy atom. The lowest BCUT2D eigenvalue weighted by Crippen LogP contribution is -2.60. The summed E-state index contributed by atoms with van der Waals surface area (Å²) >= 11 is 0. The Kier molecular flexibility index (Phi) is 13.5. The fraction of sp³-hybridized carbons (Fsp3) is 0.870. The van der Waals surface area contributed by atoms with Crippen molar-refractivity contribution >= 4 is 26.0 Å². The number of aliphatic hydroxyl groups excluding tert-OH is 1. The first-order valence-corrected chi connectivity index (χ1v) is 17.0. The Balaban J connectivity index is 1.24. The van der Waals surface area contributed by atoms with Gasteiger partial charge < -0.3 is 38.9 Å². The lowest BCUT2D eigenvalue weighted by atomic mass is 9.99. The van der Waals surface area contributed by atoms with Crippen molar-refractivity contribution in [2.75, 3.05) is 83.2 Å². The number of nitrogens with one attached hydrogen (secondary N) is 1. The van der Waals surface area contributed by atoms with Crippen molar-refractivity contribution in [2.45, 2.75) is 43.8 Å². The highest BCUT2D eigenvalue weighted by atomic mass is 32.2. The van der Waals surface area contributed by atoms with Crippen molar-refractivity contribution < 1.29 is 50.4 Å². The van der Waals surface area contributed by atoms with Crippen LogP contribution in [-0.2, 0) is 61.2 Å². The van der Waals surface area contributed by atoms with E-state index in [1.807, 2.05) is 11.1 Å². The van der Waals surface area contributed by atoms with E-state index in [0.29, 0.717) is 52.2 Å². The van der Waals surface area contributed by atoms with E-state index in [9.17, 15) is 26.7 Å². The van der Waals surface area contributed by atoms with E-state index in [4.69, 9.17) is 23.7 Å². The van der Waals surface area contributed by atoms with E-state index in [0.717, 1.165) is 5.69 Å². The highest BCUT2D eigenvalue weighted by Crippen LogP contribution is 2.25. The fourth-order valence-electron chi connectivity index (χ4n) is 4.43. The minimum atomic E-state index is -3.44. The van der Waals surface area contributed by atoms with Gasteiger partial charge in [-0.3, -0.25) is 4.90 Å². The number of hydrogen-bond donors (Lipinski definition) is 2. The van der Waals surface area contributed by atoms with Crippen LogP contribution in [0.2, 0.25) is 0 Å². The largest absolute Gasteiger partial charge is 0.387 e. The van der Waals surface area contributed by atoms with Crippen LogP contribution in [0.5, 0.6) is 0 Å². The van der Waals surface area contributed by atoms with Gasteiger partial charge in [0.1, 0.15) is 24.4 Å². The van der Waals surface area contributed by atoms with Gasteiger partial charge in [-0.1, -0.05) is 5.21 Å². The molecule has 0 spiro atoms. The van der Waals surface area contributed by atoms with Crippen molar-refractivity contribution in [3.05, 3.63) is 11.9 Å². The zero-order valence-corrected chi connectivity index (χ0v) is 25.0. The molecule has 0 radical (unpaired) electrons. The maximum Gasteiger partial charge on any atom is 0.187 e. The molecule has 2 fully saturated rings. The number of ether oxygens (including phenoxy) is 5. The highest BCUT2D eigenvalue weighted by molar-refractivity contribution is 7.91. The van der Waals surface area contributed by atoms with Gasteiger partial charge in [0.25, 0.3) is 0 Å². The molecule has 2 aliphatic heterocycles. The van der Waals surface area contributed by atoms with Crippen LogP contribution in [0.25, 0.3) is 0 Å². The maximum absolute atomic E-state index is 12.4. The van der Waals surface area contributed by atoms with Gasteiger partial charge in [0.05, 0.1) is 55.1 Å². The summed E-state index contributed by atoms with van der Waals surface area (Å²) in [6, 6.07) is 0. The molecule has 2 N–H and O–H groups in total. The van der Waals surface area contributed by atoms with E-state index in [1.165, 1.54) is 14.2 Å². The number of carbonyl (C=O) groups excluding carboxylic acids is 1. The summed E-state index contributed by atoms with van der Waals surface area (Å²) in [5.74, 6) is -0.0387. The molecule has 236 valence electrons. The van der Waals surface area contributed by atoms with E-state index >= 15 is 0 Å². The Labute approximate surface area is 240 Å². The third kappa shape index (κ3) is 10.9. The molecule has 3 rings (SSSR count). The molecule has 0 aliphatic carbocycles. The van der Waals surface area contributed by atoms with Crippen molar-refractivity contribution in [3.8, 4) is 0 Å². The van der Waals surface area contributed by atoms with Crippen molar-refractivity contribution in [2.24, 2.45) is 0 Å². The van der Waals surface area contributed by atoms with Crippen LogP contribution in [0.3, 0.4) is 0 Å². The summed E-state index contributed by atoms with van der Waals surface area (Å²) in [6.45, 7) is 3.33. The molecule has 0 aromatic carbocycles. The molecule has 0 bridgehead atoms. The van der Waals surface area contributed by atoms with Crippen LogP contribution in [0, 0.1) is 0 Å². The molecule has 5 unspecified atom stereocenters. The van der Waals surface area contributed by atoms with Gasteiger partial charge in [-0.2, -0.15) is 0 Å². The number of methoxy groups -OCH3 is 2. The first kappa shape index (κ1) is 33.9. The molecule has 0 saturated carbocycles. The van der Waals surface area contributed by atoms with Crippen LogP contribution in [0.4, 0.5) is 0 Å². The van der Waals surface area contributed by atoms with Crippen LogP contribution in [0.15, 0.2) is 6.20 Å². The second kappa shape index (κ2) is 16.3. The minimum Gasteiger partial charge on any atom is -0.387 e. The van der Waals surface area contributed by atoms with Crippen molar-refractivity contribution in [1.29, 1.82) is 0 Å². The predicted molar refractivity (Wildman–Crippen MR) is 145 cm³/mol. The van der Waals surface area contributed by atoms with Crippen molar-refractivity contribution in [3.63, 3.8) is 0 Å². The van der Waals surface area contributed by atoms with E-state index in [2.05, 4.69) is 15.6 Å². The molecular formula is C23H41N5O11S2. The number of aliphatic hydroxyl groups is 1. The van der Waals surface area contributed by atoms with Gasteiger partial charge in [-0.15, -0.1) is 5.10 Å². The van der Waals surface area contributed by atoms with Gasteiger partial charge in [-0.25, -0.2) is 21.5 Å². The molecule has 2 aliphatic rings. The van der Waals surface area contributed by atoms with Gasteiger partial charge in [0.15, 0.2) is 32.3 Å². The molecule has 2 saturated heterocycles. The minimum absolute atomic E-state index is 0.105. The Morgan fingerprint density at radius 1 is 1.12 bits per heavy atom. The van der Waals surface area contributed by atoms with Crippen LogP contribution < -0.4 is 5.32 Å². The average Bonchev–Trinajstić information content (AvgIpc) is 3.38. The predicted octanol–water partition coefficient (Wildman–Crippen LogP) is -3.14. The number of hydrogen-bond acceptors (Lipinski definition) is 15. The lowest BCUT2D eigenvalue weighted by Gasteiger charge is -2.41. The molecular weight excluding hydrogens is 586 g/mol.